The van der Waals surface area contributed by atoms with E-state index in [1.165, 1.54) is 21.9 Å². The number of hydrogen-bond donors (Lipinski definition) is 4. The Hall–Kier alpha value is -4.28. The van der Waals surface area contributed by atoms with Gasteiger partial charge in [0.25, 0.3) is 0 Å². The number of aromatic nitrogens is 2. The van der Waals surface area contributed by atoms with Gasteiger partial charge >= 0.3 is 0 Å². The molecule has 2 aromatic carbocycles. The Kier molecular flexibility index (Phi) is 9.78. The molecule has 2 aliphatic rings. The van der Waals surface area contributed by atoms with E-state index in [1.807, 2.05) is 13.0 Å². The lowest BCUT2D eigenvalue weighted by molar-refractivity contribution is -0.118. The third kappa shape index (κ3) is 7.51. The zero-order chi connectivity index (χ0) is 29.3. The summed E-state index contributed by atoms with van der Waals surface area (Å²) in [6.45, 7) is 3.63. The average Bonchev–Trinajstić information content (AvgIpc) is 3.40. The van der Waals surface area contributed by atoms with Crippen molar-refractivity contribution < 1.29 is 9.18 Å². The monoisotopic (exact) mass is 583 g/mol. The summed E-state index contributed by atoms with van der Waals surface area (Å²) in [5, 5.41) is 10.7. The second-order valence-corrected chi connectivity index (χ2v) is 11.1. The molecule has 10 heteroatoms. The van der Waals surface area contributed by atoms with Gasteiger partial charge in [0.05, 0.1) is 11.6 Å². The molecule has 42 heavy (non-hydrogen) atoms. The summed E-state index contributed by atoms with van der Waals surface area (Å²) in [6.07, 6.45) is 13.6. The molecule has 216 valence electrons. The molecule has 3 heterocycles. The number of aliphatic imine (C=N–C) groups is 1. The zero-order valence-corrected chi connectivity index (χ0v) is 24.3. The number of nitrogens with one attached hydrogen (secondary N) is 3. The van der Waals surface area contributed by atoms with E-state index in [4.69, 9.17) is 5.73 Å². The van der Waals surface area contributed by atoms with Crippen molar-refractivity contribution >= 4 is 45.1 Å². The van der Waals surface area contributed by atoms with Gasteiger partial charge in [-0.2, -0.15) is 0 Å². The molecule has 0 saturated carbocycles. The van der Waals surface area contributed by atoms with E-state index < -0.39 is 0 Å². The third-order valence-corrected chi connectivity index (χ3v) is 8.11. The number of nitrogens with two attached hydrogens (primary N) is 1. The number of nitrogens with zero attached hydrogens (tertiary/aromatic N) is 3. The molecule has 8 nitrogen and oxygen atoms in total. The molecule has 1 atom stereocenters. The molecule has 0 saturated heterocycles. The summed E-state index contributed by atoms with van der Waals surface area (Å²) < 4.78 is 13.3. The Morgan fingerprint density at radius 2 is 1.93 bits per heavy atom. The molecule has 2 aliphatic heterocycles. The predicted octanol–water partition coefficient (Wildman–Crippen LogP) is 5.60. The quantitative estimate of drug-likeness (QED) is 0.259. The number of anilines is 1. The van der Waals surface area contributed by atoms with Crippen LogP contribution in [-0.4, -0.2) is 41.3 Å². The largest absolute Gasteiger partial charge is 0.369 e. The van der Waals surface area contributed by atoms with E-state index in [1.54, 1.807) is 48.6 Å². The van der Waals surface area contributed by atoms with Crippen LogP contribution in [0.25, 0.3) is 15.8 Å². The summed E-state index contributed by atoms with van der Waals surface area (Å²) in [4.78, 5) is 28.8. The normalized spacial score (nSPS) is 15.9. The lowest BCUT2D eigenvalue weighted by atomic mass is 10.1. The molecule has 1 aromatic heterocycles. The Balaban J connectivity index is 1.21. The van der Waals surface area contributed by atoms with Crippen LogP contribution in [0, 0.1) is 5.82 Å². The van der Waals surface area contributed by atoms with E-state index in [0.29, 0.717) is 37.5 Å². The Bertz CT molecular complexity index is 1590. The van der Waals surface area contributed by atoms with Crippen molar-refractivity contribution in [3.63, 3.8) is 0 Å². The predicted molar refractivity (Wildman–Crippen MR) is 170 cm³/mol. The fourth-order valence-corrected chi connectivity index (χ4v) is 5.74. The first-order valence-corrected chi connectivity index (χ1v) is 14.8. The molecule has 0 radical (unpaired) electrons. The fraction of sp³-hybridized carbons (Fsp3) is 0.250. The lowest BCUT2D eigenvalue weighted by Gasteiger charge is -2.17. The van der Waals surface area contributed by atoms with Crippen LogP contribution < -0.4 is 21.7 Å². The number of allylic oxidation sites excluding steroid dienone is 4. The molecule has 0 spiro atoms. The first-order chi connectivity index (χ1) is 20.5. The highest BCUT2D eigenvalue weighted by atomic mass is 32.2. The van der Waals surface area contributed by atoms with Gasteiger partial charge < -0.3 is 21.7 Å². The molecular weight excluding hydrogens is 549 g/mol. The standard InChI is InChI=1S/C32H34FN7OS/c1-21(22-8-11-25(33)12-9-22)40-32(41)24-5-4-15-35-30(18-24)37-19-26-6-2-3-7-29(42-26)23-10-13-28-27(17-23)31(36-16-14-34)39-20-38-28/h4-13,15,17,20-21H,2-3,14,16,18-19,34H2,1H3,(H,35,37)(H,40,41)(H,36,38,39). The van der Waals surface area contributed by atoms with Gasteiger partial charge in [0.15, 0.2) is 0 Å². The van der Waals surface area contributed by atoms with Crippen molar-refractivity contribution in [1.29, 1.82) is 0 Å². The molecule has 1 amide bonds. The highest BCUT2D eigenvalue weighted by molar-refractivity contribution is 8.11. The van der Waals surface area contributed by atoms with E-state index in [0.717, 1.165) is 40.7 Å². The summed E-state index contributed by atoms with van der Waals surface area (Å²) in [5.74, 6) is 1.02. The smallest absolute Gasteiger partial charge is 0.248 e. The third-order valence-electron chi connectivity index (χ3n) is 6.91. The molecule has 1 unspecified atom stereocenters. The van der Waals surface area contributed by atoms with Crippen LogP contribution in [0.5, 0.6) is 0 Å². The van der Waals surface area contributed by atoms with Crippen LogP contribution in [0.2, 0.25) is 0 Å². The summed E-state index contributed by atoms with van der Waals surface area (Å²) in [7, 11) is 0. The van der Waals surface area contributed by atoms with Gasteiger partial charge in [0, 0.05) is 53.0 Å². The van der Waals surface area contributed by atoms with Gasteiger partial charge in [-0.3, -0.25) is 4.79 Å². The van der Waals surface area contributed by atoms with Crippen LogP contribution in [0.1, 0.15) is 43.4 Å². The number of rotatable bonds is 9. The maximum absolute atomic E-state index is 13.3. The summed E-state index contributed by atoms with van der Waals surface area (Å²) >= 11 is 1.73. The van der Waals surface area contributed by atoms with E-state index in [9.17, 15) is 9.18 Å². The van der Waals surface area contributed by atoms with Gasteiger partial charge in [0.2, 0.25) is 5.91 Å². The minimum atomic E-state index is -0.304. The van der Waals surface area contributed by atoms with Crippen LogP contribution in [0.4, 0.5) is 10.2 Å². The first-order valence-electron chi connectivity index (χ1n) is 14.0. The molecule has 5 N–H and O–H groups in total. The number of fused-ring (bicyclic) bond motifs is 1. The second-order valence-electron chi connectivity index (χ2n) is 9.97. The summed E-state index contributed by atoms with van der Waals surface area (Å²) in [6, 6.07) is 12.1. The van der Waals surface area contributed by atoms with Crippen molar-refractivity contribution in [3.05, 3.63) is 107 Å². The van der Waals surface area contributed by atoms with Gasteiger partial charge in [-0.25, -0.2) is 19.4 Å². The molecule has 5 rings (SSSR count). The molecular formula is C32H34FN7OS. The number of carbonyl (C=O) groups excluding carboxylic acids is 1. The van der Waals surface area contributed by atoms with Gasteiger partial charge in [-0.1, -0.05) is 48.2 Å². The minimum Gasteiger partial charge on any atom is -0.369 e. The maximum atomic E-state index is 13.3. The number of amidine groups is 1. The number of benzene rings is 2. The fourth-order valence-electron chi connectivity index (χ4n) is 4.66. The number of thioether (sulfide) groups is 1. The lowest BCUT2D eigenvalue weighted by Crippen LogP contribution is -2.31. The molecule has 3 aromatic rings. The van der Waals surface area contributed by atoms with E-state index in [2.05, 4.69) is 55.2 Å². The Morgan fingerprint density at radius 3 is 2.76 bits per heavy atom. The van der Waals surface area contributed by atoms with Gasteiger partial charge in [0.1, 0.15) is 23.8 Å². The van der Waals surface area contributed by atoms with Crippen LogP contribution in [0.15, 0.2) is 94.8 Å². The average molecular weight is 584 g/mol. The highest BCUT2D eigenvalue weighted by Crippen LogP contribution is 2.38. The SMILES string of the molecule is CC(NC(=O)C1=CC=CN=C(NCC2=CCCC=C(c3ccc4ncnc(NCCN)c4c3)S2)C1)c1ccc(F)cc1. The number of carbonyl (C=O) groups is 1. The van der Waals surface area contributed by atoms with Crippen LogP contribution >= 0.6 is 11.8 Å². The van der Waals surface area contributed by atoms with Crippen molar-refractivity contribution in [2.24, 2.45) is 10.7 Å². The number of hydrogen-bond acceptors (Lipinski definition) is 8. The second kappa shape index (κ2) is 14.1. The van der Waals surface area contributed by atoms with Gasteiger partial charge in [-0.05, 0) is 61.2 Å². The molecule has 0 aliphatic carbocycles. The van der Waals surface area contributed by atoms with Crippen molar-refractivity contribution in [3.8, 4) is 0 Å². The van der Waals surface area contributed by atoms with Gasteiger partial charge in [-0.15, -0.1) is 0 Å². The van der Waals surface area contributed by atoms with Crippen LogP contribution in [0.3, 0.4) is 0 Å². The van der Waals surface area contributed by atoms with Crippen molar-refractivity contribution in [2.45, 2.75) is 32.2 Å². The van der Waals surface area contributed by atoms with E-state index in [-0.39, 0.29) is 17.8 Å². The first kappa shape index (κ1) is 29.2. The Labute approximate surface area is 249 Å². The van der Waals surface area contributed by atoms with Crippen LogP contribution in [-0.2, 0) is 4.79 Å². The number of halogens is 1. The number of amides is 1. The topological polar surface area (TPSA) is 117 Å². The summed E-state index contributed by atoms with van der Waals surface area (Å²) in [5.41, 5.74) is 9.11. The molecule has 0 bridgehead atoms. The van der Waals surface area contributed by atoms with Crippen molar-refractivity contribution in [2.75, 3.05) is 25.0 Å². The van der Waals surface area contributed by atoms with Crippen molar-refractivity contribution in [1.82, 2.24) is 20.6 Å². The Morgan fingerprint density at radius 1 is 1.10 bits per heavy atom. The van der Waals surface area contributed by atoms with E-state index >= 15 is 0 Å². The minimum absolute atomic E-state index is 0.179. The zero-order valence-electron chi connectivity index (χ0n) is 23.4. The molecule has 0 fully saturated rings. The highest BCUT2D eigenvalue weighted by Gasteiger charge is 2.18. The maximum Gasteiger partial charge on any atom is 0.248 e.